The van der Waals surface area contributed by atoms with Crippen molar-refractivity contribution in [3.63, 3.8) is 0 Å². The quantitative estimate of drug-likeness (QED) is 0.246. The third-order valence-corrected chi connectivity index (χ3v) is 4.50. The molecule has 1 aromatic carbocycles. The van der Waals surface area contributed by atoms with Gasteiger partial charge >= 0.3 is 5.97 Å². The van der Waals surface area contributed by atoms with Gasteiger partial charge < -0.3 is 31.6 Å². The molecule has 11 heteroatoms. The normalized spacial score (nSPS) is 13.9. The van der Waals surface area contributed by atoms with E-state index < -0.39 is 35.9 Å². The van der Waals surface area contributed by atoms with Gasteiger partial charge in [-0.05, 0) is 17.7 Å². The van der Waals surface area contributed by atoms with E-state index in [1.165, 1.54) is 24.7 Å². The fourth-order valence-corrected chi connectivity index (χ4v) is 2.79. The summed E-state index contributed by atoms with van der Waals surface area (Å²) in [6.07, 6.45) is 3.27. The topological polar surface area (TPSA) is 170 Å². The third kappa shape index (κ3) is 6.80. The number of aromatic hydroxyl groups is 1. The first-order chi connectivity index (χ1) is 13.8. The van der Waals surface area contributed by atoms with Crippen LogP contribution in [0.2, 0.25) is 0 Å². The third-order valence-electron chi connectivity index (χ3n) is 4.14. The molecule has 2 aromatic rings. The maximum atomic E-state index is 12.6. The molecule has 0 aliphatic heterocycles. The number of carbonyl (C=O) groups excluding carboxylic acids is 2. The molecule has 0 bridgehead atoms. The van der Waals surface area contributed by atoms with Crippen molar-refractivity contribution < 1.29 is 24.6 Å². The highest BCUT2D eigenvalue weighted by Crippen LogP contribution is 2.12. The first-order valence-corrected chi connectivity index (χ1v) is 9.38. The number of nitrogens with one attached hydrogen (secondary N) is 3. The summed E-state index contributed by atoms with van der Waals surface area (Å²) < 4.78 is 0. The number of hydrogen-bond donors (Lipinski definition) is 7. The minimum atomic E-state index is -1.24. The monoisotopic (exact) mass is 421 g/mol. The van der Waals surface area contributed by atoms with Crippen LogP contribution in [0.3, 0.4) is 0 Å². The summed E-state index contributed by atoms with van der Waals surface area (Å²) in [5.74, 6) is -2.54. The summed E-state index contributed by atoms with van der Waals surface area (Å²) in [7, 11) is 0. The van der Waals surface area contributed by atoms with Crippen molar-refractivity contribution in [3.8, 4) is 5.75 Å². The summed E-state index contributed by atoms with van der Waals surface area (Å²) in [6.45, 7) is 0. The van der Waals surface area contributed by atoms with Gasteiger partial charge in [0.25, 0.3) is 0 Å². The number of aliphatic carboxylic acids is 1. The predicted molar refractivity (Wildman–Crippen MR) is 107 cm³/mol. The molecule has 1 aromatic heterocycles. The SMILES string of the molecule is N[C@@H](Cc1cnc[nH]1)C(=O)N[C@@H](Cc1ccc(O)cc1)C(=O)N[C@@H](CS)C(=O)O. The number of amides is 2. The van der Waals surface area contributed by atoms with Gasteiger partial charge in [-0.15, -0.1) is 0 Å². The first kappa shape index (κ1) is 22.2. The molecule has 0 aliphatic rings. The Morgan fingerprint density at radius 3 is 2.31 bits per heavy atom. The van der Waals surface area contributed by atoms with Crippen molar-refractivity contribution in [2.24, 2.45) is 5.73 Å². The summed E-state index contributed by atoms with van der Waals surface area (Å²) >= 11 is 3.92. The van der Waals surface area contributed by atoms with Gasteiger partial charge in [-0.2, -0.15) is 12.6 Å². The van der Waals surface area contributed by atoms with Gasteiger partial charge in [0.15, 0.2) is 0 Å². The first-order valence-electron chi connectivity index (χ1n) is 8.75. The number of imidazole rings is 1. The molecule has 0 aliphatic carbocycles. The molecule has 3 atom stereocenters. The van der Waals surface area contributed by atoms with Crippen LogP contribution in [0, 0.1) is 0 Å². The zero-order chi connectivity index (χ0) is 21.4. The highest BCUT2D eigenvalue weighted by atomic mass is 32.1. The molecule has 2 amide bonds. The van der Waals surface area contributed by atoms with Crippen molar-refractivity contribution in [2.45, 2.75) is 31.0 Å². The maximum absolute atomic E-state index is 12.6. The van der Waals surface area contributed by atoms with Crippen LogP contribution in [0.15, 0.2) is 36.8 Å². The van der Waals surface area contributed by atoms with Crippen molar-refractivity contribution >= 4 is 30.4 Å². The molecule has 0 spiro atoms. The van der Waals surface area contributed by atoms with Gasteiger partial charge in [0, 0.05) is 30.5 Å². The molecule has 7 N–H and O–H groups in total. The standard InChI is InChI=1S/C18H23N5O5S/c19-13(6-11-7-20-9-21-11)16(25)22-14(5-10-1-3-12(24)4-2-10)17(26)23-15(8-29)18(27)28/h1-4,7,9,13-15,24,29H,5-6,8,19H2,(H,20,21)(H,22,25)(H,23,26)(H,27,28)/t13-,14-,15-/m0/s1. The number of nitrogens with zero attached hydrogens (tertiary/aromatic N) is 1. The van der Waals surface area contributed by atoms with Crippen LogP contribution in [0.5, 0.6) is 5.75 Å². The lowest BCUT2D eigenvalue weighted by Gasteiger charge is -2.22. The molecular weight excluding hydrogens is 398 g/mol. The number of carboxylic acid groups (broad SMARTS) is 1. The average molecular weight is 421 g/mol. The van der Waals surface area contributed by atoms with Crippen molar-refractivity contribution in [1.29, 1.82) is 0 Å². The van der Waals surface area contributed by atoms with Crippen LogP contribution in [0.1, 0.15) is 11.3 Å². The summed E-state index contributed by atoms with van der Waals surface area (Å²) in [4.78, 5) is 43.0. The van der Waals surface area contributed by atoms with Gasteiger partial charge in [-0.3, -0.25) is 9.59 Å². The largest absolute Gasteiger partial charge is 0.508 e. The Hall–Kier alpha value is -3.05. The van der Waals surface area contributed by atoms with Crippen molar-refractivity contribution in [3.05, 3.63) is 48.0 Å². The van der Waals surface area contributed by atoms with Crippen LogP contribution in [-0.4, -0.2) is 61.8 Å². The van der Waals surface area contributed by atoms with Gasteiger partial charge in [0.1, 0.15) is 17.8 Å². The lowest BCUT2D eigenvalue weighted by atomic mass is 10.0. The highest BCUT2D eigenvalue weighted by Gasteiger charge is 2.27. The van der Waals surface area contributed by atoms with Crippen LogP contribution in [-0.2, 0) is 27.2 Å². The van der Waals surface area contributed by atoms with Crippen LogP contribution in [0.25, 0.3) is 0 Å². The highest BCUT2D eigenvalue weighted by molar-refractivity contribution is 7.80. The molecule has 0 unspecified atom stereocenters. The molecular formula is C18H23N5O5S. The number of hydrogen-bond acceptors (Lipinski definition) is 7. The van der Waals surface area contributed by atoms with Crippen LogP contribution < -0.4 is 16.4 Å². The maximum Gasteiger partial charge on any atom is 0.327 e. The number of benzene rings is 1. The average Bonchev–Trinajstić information content (AvgIpc) is 3.19. The molecule has 0 fully saturated rings. The number of aromatic nitrogens is 2. The molecule has 1 heterocycles. The number of thiol groups is 1. The second-order valence-corrected chi connectivity index (χ2v) is 6.77. The Balaban J connectivity index is 2.11. The van der Waals surface area contributed by atoms with E-state index in [1.54, 1.807) is 12.1 Å². The van der Waals surface area contributed by atoms with E-state index in [0.29, 0.717) is 11.3 Å². The number of carboxylic acids is 1. The molecule has 29 heavy (non-hydrogen) atoms. The van der Waals surface area contributed by atoms with E-state index in [0.717, 1.165) is 0 Å². The molecule has 10 nitrogen and oxygen atoms in total. The lowest BCUT2D eigenvalue weighted by Crippen LogP contribution is -2.55. The fourth-order valence-electron chi connectivity index (χ4n) is 2.54. The smallest absolute Gasteiger partial charge is 0.327 e. The van der Waals surface area contributed by atoms with E-state index in [2.05, 4.69) is 33.2 Å². The molecule has 0 saturated carbocycles. The Labute approximate surface area is 172 Å². The Bertz CT molecular complexity index is 828. The van der Waals surface area contributed by atoms with E-state index in [4.69, 9.17) is 10.8 Å². The molecule has 0 saturated heterocycles. The zero-order valence-electron chi connectivity index (χ0n) is 15.4. The summed E-state index contributed by atoms with van der Waals surface area (Å²) in [5.41, 5.74) is 7.23. The summed E-state index contributed by atoms with van der Waals surface area (Å²) in [5, 5.41) is 23.5. The van der Waals surface area contributed by atoms with Gasteiger partial charge in [-0.25, -0.2) is 9.78 Å². The second-order valence-electron chi connectivity index (χ2n) is 6.40. The van der Waals surface area contributed by atoms with E-state index in [9.17, 15) is 19.5 Å². The van der Waals surface area contributed by atoms with Crippen molar-refractivity contribution in [1.82, 2.24) is 20.6 Å². The lowest BCUT2D eigenvalue weighted by molar-refractivity contribution is -0.141. The van der Waals surface area contributed by atoms with E-state index in [-0.39, 0.29) is 24.3 Å². The molecule has 156 valence electrons. The predicted octanol–water partition coefficient (Wildman–Crippen LogP) is -0.788. The van der Waals surface area contributed by atoms with Gasteiger partial charge in [-0.1, -0.05) is 12.1 Å². The second kappa shape index (κ2) is 10.5. The van der Waals surface area contributed by atoms with Crippen molar-refractivity contribution in [2.75, 3.05) is 5.75 Å². The molecule has 0 radical (unpaired) electrons. The summed E-state index contributed by atoms with van der Waals surface area (Å²) in [6, 6.07) is 2.88. The van der Waals surface area contributed by atoms with Gasteiger partial charge in [0.2, 0.25) is 11.8 Å². The molecule has 2 rings (SSSR count). The minimum Gasteiger partial charge on any atom is -0.508 e. The Morgan fingerprint density at radius 1 is 1.10 bits per heavy atom. The fraction of sp³-hybridized carbons (Fsp3) is 0.333. The number of phenols is 1. The van der Waals surface area contributed by atoms with Crippen LogP contribution >= 0.6 is 12.6 Å². The Morgan fingerprint density at radius 2 is 1.76 bits per heavy atom. The Kier molecular flexibility index (Phi) is 8.04. The van der Waals surface area contributed by atoms with E-state index >= 15 is 0 Å². The zero-order valence-corrected chi connectivity index (χ0v) is 16.3. The number of nitrogens with two attached hydrogens (primary N) is 1. The van der Waals surface area contributed by atoms with Gasteiger partial charge in [0.05, 0.1) is 12.4 Å². The number of rotatable bonds is 10. The number of phenolic OH excluding ortho intramolecular Hbond substituents is 1. The van der Waals surface area contributed by atoms with Crippen LogP contribution in [0.4, 0.5) is 0 Å². The number of H-pyrrole nitrogens is 1. The number of aromatic amines is 1. The van der Waals surface area contributed by atoms with E-state index in [1.807, 2.05) is 0 Å². The minimum absolute atomic E-state index is 0.0568. The number of carbonyl (C=O) groups is 3.